The summed E-state index contributed by atoms with van der Waals surface area (Å²) in [7, 11) is 0. The Morgan fingerprint density at radius 2 is 2.19 bits per heavy atom. The minimum atomic E-state index is -0.320. The van der Waals surface area contributed by atoms with Crippen molar-refractivity contribution >= 4 is 5.91 Å². The molecule has 0 saturated heterocycles. The van der Waals surface area contributed by atoms with Gasteiger partial charge in [-0.3, -0.25) is 9.89 Å². The highest BCUT2D eigenvalue weighted by Gasteiger charge is 2.37. The molecule has 0 aliphatic carbocycles. The average molecular weight is 346 g/mol. The third-order valence-corrected chi connectivity index (χ3v) is 4.61. The topological polar surface area (TPSA) is 104 Å². The zero-order valence-electron chi connectivity index (χ0n) is 13.6. The molecule has 3 aromatic heterocycles. The summed E-state index contributed by atoms with van der Waals surface area (Å²) < 4.78 is 5.53. The van der Waals surface area contributed by atoms with Gasteiger partial charge in [0.2, 0.25) is 0 Å². The number of nitrogens with zero attached hydrogens (tertiary/aromatic N) is 4. The normalized spacial score (nSPS) is 16.0. The Morgan fingerprint density at radius 1 is 1.23 bits per heavy atom. The molecule has 0 bridgehead atoms. The van der Waals surface area contributed by atoms with Crippen LogP contribution in [0.1, 0.15) is 33.4 Å². The van der Waals surface area contributed by atoms with Crippen LogP contribution in [0.2, 0.25) is 0 Å². The fraction of sp³-hybridized carbons (Fsp3) is 0.111. The van der Waals surface area contributed by atoms with Gasteiger partial charge in [-0.25, -0.2) is 9.97 Å². The van der Waals surface area contributed by atoms with Crippen molar-refractivity contribution in [2.24, 2.45) is 0 Å². The van der Waals surface area contributed by atoms with Gasteiger partial charge < -0.3 is 14.3 Å². The second kappa shape index (κ2) is 5.69. The van der Waals surface area contributed by atoms with Crippen molar-refractivity contribution in [3.05, 3.63) is 78.2 Å². The maximum atomic E-state index is 13.0. The van der Waals surface area contributed by atoms with Crippen LogP contribution in [0.25, 0.3) is 11.3 Å². The lowest BCUT2D eigenvalue weighted by Crippen LogP contribution is -2.30. The molecular formula is C18H14N6O2. The van der Waals surface area contributed by atoms with Crippen LogP contribution in [-0.4, -0.2) is 36.0 Å². The van der Waals surface area contributed by atoms with E-state index in [4.69, 9.17) is 4.42 Å². The zero-order chi connectivity index (χ0) is 17.5. The van der Waals surface area contributed by atoms with Crippen molar-refractivity contribution in [1.29, 1.82) is 0 Å². The van der Waals surface area contributed by atoms with Gasteiger partial charge in [-0.1, -0.05) is 12.1 Å². The molecule has 26 heavy (non-hydrogen) atoms. The molecule has 5 rings (SSSR count). The molecule has 0 radical (unpaired) electrons. The van der Waals surface area contributed by atoms with Crippen LogP contribution in [0.4, 0.5) is 0 Å². The molecule has 4 heterocycles. The van der Waals surface area contributed by atoms with E-state index in [0.29, 0.717) is 18.0 Å². The molecule has 0 spiro atoms. The second-order valence-corrected chi connectivity index (χ2v) is 6.09. The number of amides is 1. The predicted molar refractivity (Wildman–Crippen MR) is 90.8 cm³/mol. The average Bonchev–Trinajstić information content (AvgIpc) is 3.47. The van der Waals surface area contributed by atoms with Crippen molar-refractivity contribution < 1.29 is 9.21 Å². The van der Waals surface area contributed by atoms with E-state index < -0.39 is 0 Å². The molecule has 128 valence electrons. The quantitative estimate of drug-likeness (QED) is 0.593. The van der Waals surface area contributed by atoms with Crippen LogP contribution in [0, 0.1) is 0 Å². The Hall–Kier alpha value is -3.68. The lowest BCUT2D eigenvalue weighted by atomic mass is 9.99. The first-order valence-corrected chi connectivity index (χ1v) is 8.11. The number of fused-ring (bicyclic) bond motifs is 1. The molecule has 8 nitrogen and oxygen atoms in total. The summed E-state index contributed by atoms with van der Waals surface area (Å²) in [5.74, 6) is 0.495. The van der Waals surface area contributed by atoms with E-state index in [2.05, 4.69) is 31.2 Å². The van der Waals surface area contributed by atoms with Crippen LogP contribution in [0.15, 0.2) is 60.0 Å². The van der Waals surface area contributed by atoms with E-state index in [1.54, 1.807) is 17.3 Å². The highest BCUT2D eigenvalue weighted by Crippen LogP contribution is 2.40. The largest absolute Gasteiger partial charge is 0.446 e. The van der Waals surface area contributed by atoms with Crippen molar-refractivity contribution in [1.82, 2.24) is 30.0 Å². The molecule has 2 N–H and O–H groups in total. The number of hydrogen-bond donors (Lipinski definition) is 2. The van der Waals surface area contributed by atoms with E-state index >= 15 is 0 Å². The van der Waals surface area contributed by atoms with Crippen LogP contribution in [0.5, 0.6) is 0 Å². The summed E-state index contributed by atoms with van der Waals surface area (Å²) >= 11 is 0. The van der Waals surface area contributed by atoms with Gasteiger partial charge in [-0.05, 0) is 28.8 Å². The number of aromatic nitrogens is 5. The molecule has 8 heteroatoms. The third kappa shape index (κ3) is 2.23. The van der Waals surface area contributed by atoms with Gasteiger partial charge in [0.15, 0.2) is 12.2 Å². The number of carbonyl (C=O) groups excluding carboxylic acids is 1. The number of benzene rings is 1. The number of H-pyrrole nitrogens is 2. The van der Waals surface area contributed by atoms with E-state index in [0.717, 1.165) is 22.4 Å². The lowest BCUT2D eigenvalue weighted by molar-refractivity contribution is 0.0698. The van der Waals surface area contributed by atoms with Crippen molar-refractivity contribution in [2.45, 2.75) is 12.6 Å². The van der Waals surface area contributed by atoms with Gasteiger partial charge in [-0.15, -0.1) is 0 Å². The van der Waals surface area contributed by atoms with Gasteiger partial charge in [0.25, 0.3) is 5.91 Å². The first-order valence-electron chi connectivity index (χ1n) is 8.11. The zero-order valence-corrected chi connectivity index (χ0v) is 13.6. The standard InChI is InChI=1S/C18H14N6O2/c25-18(15-6-19-9-21-15)24-8-12-5-11(14-3-4-22-23-14)1-2-13(12)17(24)16-7-20-10-26-16/h1-7,9-10,17H,8H2,(H,19,21)(H,22,23). The van der Waals surface area contributed by atoms with E-state index in [9.17, 15) is 4.79 Å². The Balaban J connectivity index is 1.59. The number of nitrogens with one attached hydrogen (secondary N) is 2. The summed E-state index contributed by atoms with van der Waals surface area (Å²) in [6.07, 6.45) is 7.77. The van der Waals surface area contributed by atoms with E-state index in [-0.39, 0.29) is 11.9 Å². The Labute approximate surface area is 147 Å². The highest BCUT2D eigenvalue weighted by atomic mass is 16.3. The van der Waals surface area contributed by atoms with Gasteiger partial charge in [-0.2, -0.15) is 5.10 Å². The summed E-state index contributed by atoms with van der Waals surface area (Å²) in [6, 6.07) is 7.71. The summed E-state index contributed by atoms with van der Waals surface area (Å²) in [5, 5.41) is 6.97. The third-order valence-electron chi connectivity index (χ3n) is 4.61. The van der Waals surface area contributed by atoms with Crippen LogP contribution in [0.3, 0.4) is 0 Å². The van der Waals surface area contributed by atoms with Gasteiger partial charge in [0, 0.05) is 12.7 Å². The van der Waals surface area contributed by atoms with Crippen LogP contribution in [-0.2, 0) is 6.54 Å². The first-order chi connectivity index (χ1) is 12.8. The van der Waals surface area contributed by atoms with E-state index in [1.165, 1.54) is 18.9 Å². The summed E-state index contributed by atoms with van der Waals surface area (Å²) in [4.78, 5) is 25.6. The van der Waals surface area contributed by atoms with Crippen molar-refractivity contribution in [3.63, 3.8) is 0 Å². The molecule has 1 aliphatic heterocycles. The van der Waals surface area contributed by atoms with Crippen molar-refractivity contribution in [3.8, 4) is 11.3 Å². The molecule has 1 unspecified atom stereocenters. The molecule has 1 aromatic carbocycles. The molecule has 1 atom stereocenters. The van der Waals surface area contributed by atoms with E-state index in [1.807, 2.05) is 18.2 Å². The molecule has 1 amide bonds. The number of oxazole rings is 1. The Bertz CT molecular complexity index is 1040. The number of hydrogen-bond acceptors (Lipinski definition) is 5. The molecule has 4 aromatic rings. The Kier molecular flexibility index (Phi) is 3.21. The second-order valence-electron chi connectivity index (χ2n) is 6.09. The molecular weight excluding hydrogens is 332 g/mol. The summed E-state index contributed by atoms with van der Waals surface area (Å²) in [5.41, 5.74) is 4.48. The predicted octanol–water partition coefficient (Wildman–Crippen LogP) is 2.53. The fourth-order valence-electron chi connectivity index (χ4n) is 3.42. The van der Waals surface area contributed by atoms with Crippen molar-refractivity contribution in [2.75, 3.05) is 0 Å². The maximum Gasteiger partial charge on any atom is 0.273 e. The molecule has 0 saturated carbocycles. The summed E-state index contributed by atoms with van der Waals surface area (Å²) in [6.45, 7) is 0.473. The fourth-order valence-corrected chi connectivity index (χ4v) is 3.42. The maximum absolute atomic E-state index is 13.0. The number of aromatic amines is 2. The highest BCUT2D eigenvalue weighted by molar-refractivity contribution is 5.93. The van der Waals surface area contributed by atoms with Gasteiger partial charge in [0.05, 0.1) is 24.4 Å². The monoisotopic (exact) mass is 346 g/mol. The van der Waals surface area contributed by atoms with Crippen LogP contribution < -0.4 is 0 Å². The SMILES string of the molecule is O=C(c1cnc[nH]1)N1Cc2cc(-c3ccn[nH]3)ccc2C1c1cnco1. The smallest absolute Gasteiger partial charge is 0.273 e. The molecule has 1 aliphatic rings. The lowest BCUT2D eigenvalue weighted by Gasteiger charge is -2.22. The van der Waals surface area contributed by atoms with Gasteiger partial charge >= 0.3 is 0 Å². The Morgan fingerprint density at radius 3 is 2.92 bits per heavy atom. The molecule has 0 fully saturated rings. The first kappa shape index (κ1) is 14.6. The minimum Gasteiger partial charge on any atom is -0.446 e. The minimum absolute atomic E-state index is 0.136. The van der Waals surface area contributed by atoms with Crippen LogP contribution >= 0.6 is 0 Å². The number of rotatable bonds is 3. The van der Waals surface area contributed by atoms with Gasteiger partial charge in [0.1, 0.15) is 11.7 Å². The number of carbonyl (C=O) groups is 1. The number of imidazole rings is 1.